The number of halogens is 1. The van der Waals surface area contributed by atoms with Crippen LogP contribution in [0.2, 0.25) is 0 Å². The Labute approximate surface area is 110 Å². The monoisotopic (exact) mass is 296 g/mol. The lowest BCUT2D eigenvalue weighted by Crippen LogP contribution is -2.23. The number of carbonyl (C=O) groups is 1. The number of hydrogen-bond acceptors (Lipinski definition) is 2. The van der Waals surface area contributed by atoms with Crippen LogP contribution in [-0.4, -0.2) is 18.5 Å². The van der Waals surface area contributed by atoms with E-state index in [9.17, 15) is 4.79 Å². The van der Waals surface area contributed by atoms with Crippen molar-refractivity contribution in [1.82, 2.24) is 5.32 Å². The molecule has 4 heteroatoms. The van der Waals surface area contributed by atoms with Crippen LogP contribution in [0, 0.1) is 6.92 Å². The third-order valence-electron chi connectivity index (χ3n) is 2.76. The average molecular weight is 297 g/mol. The van der Waals surface area contributed by atoms with Gasteiger partial charge in [0, 0.05) is 23.5 Å². The zero-order chi connectivity index (χ0) is 12.3. The molecule has 2 N–H and O–H groups in total. The van der Waals surface area contributed by atoms with Gasteiger partial charge >= 0.3 is 0 Å². The molecule has 1 aromatic carbocycles. The number of benzene rings is 1. The Balaban J connectivity index is 1.81. The SMILES string of the molecule is Cc1ccc(Br)c(NC(=O)CCNC2CC2)c1. The summed E-state index contributed by atoms with van der Waals surface area (Å²) in [4.78, 5) is 11.7. The summed E-state index contributed by atoms with van der Waals surface area (Å²) in [6.07, 6.45) is 3.03. The van der Waals surface area contributed by atoms with Gasteiger partial charge < -0.3 is 10.6 Å². The molecule has 0 radical (unpaired) electrons. The van der Waals surface area contributed by atoms with Crippen molar-refractivity contribution < 1.29 is 4.79 Å². The Morgan fingerprint density at radius 1 is 1.47 bits per heavy atom. The van der Waals surface area contributed by atoms with E-state index in [1.165, 1.54) is 12.8 Å². The molecule has 0 unspecified atom stereocenters. The summed E-state index contributed by atoms with van der Waals surface area (Å²) >= 11 is 3.43. The van der Waals surface area contributed by atoms with Gasteiger partial charge in [-0.1, -0.05) is 6.07 Å². The molecule has 0 heterocycles. The van der Waals surface area contributed by atoms with Gasteiger partial charge in [-0.05, 0) is 53.4 Å². The first-order chi connectivity index (χ1) is 8.15. The maximum Gasteiger partial charge on any atom is 0.225 e. The van der Waals surface area contributed by atoms with E-state index in [2.05, 4.69) is 26.6 Å². The number of rotatable bonds is 5. The average Bonchev–Trinajstić information content (AvgIpc) is 3.07. The van der Waals surface area contributed by atoms with Crippen LogP contribution in [0.5, 0.6) is 0 Å². The predicted octanol–water partition coefficient (Wildman–Crippen LogP) is 2.84. The zero-order valence-corrected chi connectivity index (χ0v) is 11.5. The van der Waals surface area contributed by atoms with E-state index in [1.54, 1.807) is 0 Å². The van der Waals surface area contributed by atoms with Gasteiger partial charge in [-0.2, -0.15) is 0 Å². The summed E-state index contributed by atoms with van der Waals surface area (Å²) in [5.74, 6) is 0.0597. The molecule has 0 bridgehead atoms. The molecule has 0 spiro atoms. The lowest BCUT2D eigenvalue weighted by atomic mass is 10.2. The lowest BCUT2D eigenvalue weighted by Gasteiger charge is -2.08. The minimum atomic E-state index is 0.0597. The second kappa shape index (κ2) is 5.65. The van der Waals surface area contributed by atoms with Crippen LogP contribution in [0.4, 0.5) is 5.69 Å². The molecule has 1 aliphatic carbocycles. The second-order valence-corrected chi connectivity index (χ2v) is 5.36. The van der Waals surface area contributed by atoms with Crippen LogP contribution < -0.4 is 10.6 Å². The molecular weight excluding hydrogens is 280 g/mol. The summed E-state index contributed by atoms with van der Waals surface area (Å²) in [6.45, 7) is 2.77. The van der Waals surface area contributed by atoms with Crippen molar-refractivity contribution >= 4 is 27.5 Å². The fraction of sp³-hybridized carbons (Fsp3) is 0.462. The van der Waals surface area contributed by atoms with Crippen molar-refractivity contribution in [3.63, 3.8) is 0 Å². The van der Waals surface area contributed by atoms with Crippen LogP contribution in [0.1, 0.15) is 24.8 Å². The third-order valence-corrected chi connectivity index (χ3v) is 3.45. The number of anilines is 1. The van der Waals surface area contributed by atoms with Gasteiger partial charge in [-0.3, -0.25) is 4.79 Å². The van der Waals surface area contributed by atoms with Gasteiger partial charge in [0.2, 0.25) is 5.91 Å². The fourth-order valence-corrected chi connectivity index (χ4v) is 1.97. The predicted molar refractivity (Wildman–Crippen MR) is 73.2 cm³/mol. The van der Waals surface area contributed by atoms with E-state index >= 15 is 0 Å². The molecule has 0 saturated heterocycles. The number of amides is 1. The zero-order valence-electron chi connectivity index (χ0n) is 9.92. The summed E-state index contributed by atoms with van der Waals surface area (Å²) in [5, 5.41) is 6.25. The van der Waals surface area contributed by atoms with Crippen LogP contribution in [0.3, 0.4) is 0 Å². The van der Waals surface area contributed by atoms with Crippen molar-refractivity contribution in [3.8, 4) is 0 Å². The summed E-state index contributed by atoms with van der Waals surface area (Å²) < 4.78 is 0.923. The standard InChI is InChI=1S/C13H17BrN2O/c1-9-2-5-11(14)12(8-9)16-13(17)6-7-15-10-3-4-10/h2,5,8,10,15H,3-4,6-7H2,1H3,(H,16,17). The molecule has 2 rings (SSSR count). The second-order valence-electron chi connectivity index (χ2n) is 4.51. The van der Waals surface area contributed by atoms with Crippen molar-refractivity contribution in [2.45, 2.75) is 32.2 Å². The minimum Gasteiger partial charge on any atom is -0.325 e. The van der Waals surface area contributed by atoms with Crippen molar-refractivity contribution in [1.29, 1.82) is 0 Å². The molecule has 17 heavy (non-hydrogen) atoms. The first kappa shape index (κ1) is 12.6. The summed E-state index contributed by atoms with van der Waals surface area (Å²) in [5.41, 5.74) is 1.99. The van der Waals surface area contributed by atoms with E-state index < -0.39 is 0 Å². The molecule has 1 fully saturated rings. The number of hydrogen-bond donors (Lipinski definition) is 2. The van der Waals surface area contributed by atoms with Gasteiger partial charge in [0.1, 0.15) is 0 Å². The van der Waals surface area contributed by atoms with Crippen molar-refractivity contribution in [3.05, 3.63) is 28.2 Å². The van der Waals surface area contributed by atoms with Crippen LogP contribution >= 0.6 is 15.9 Å². The Morgan fingerprint density at radius 3 is 2.94 bits per heavy atom. The highest BCUT2D eigenvalue weighted by atomic mass is 79.9. The molecular formula is C13H17BrN2O. The Hall–Kier alpha value is -0.870. The number of carbonyl (C=O) groups excluding carboxylic acids is 1. The van der Waals surface area contributed by atoms with Gasteiger partial charge in [0.25, 0.3) is 0 Å². The first-order valence-electron chi connectivity index (χ1n) is 5.94. The number of nitrogens with one attached hydrogen (secondary N) is 2. The molecule has 1 saturated carbocycles. The van der Waals surface area contributed by atoms with Crippen LogP contribution in [-0.2, 0) is 4.79 Å². The van der Waals surface area contributed by atoms with Crippen molar-refractivity contribution in [2.24, 2.45) is 0 Å². The Morgan fingerprint density at radius 2 is 2.24 bits per heavy atom. The van der Waals surface area contributed by atoms with E-state index in [4.69, 9.17) is 0 Å². The van der Waals surface area contributed by atoms with E-state index in [0.717, 1.165) is 22.3 Å². The molecule has 0 aromatic heterocycles. The topological polar surface area (TPSA) is 41.1 Å². The summed E-state index contributed by atoms with van der Waals surface area (Å²) in [7, 11) is 0. The van der Waals surface area contributed by atoms with E-state index in [0.29, 0.717) is 12.5 Å². The van der Waals surface area contributed by atoms with Gasteiger partial charge in [-0.25, -0.2) is 0 Å². The first-order valence-corrected chi connectivity index (χ1v) is 6.74. The smallest absolute Gasteiger partial charge is 0.225 e. The van der Waals surface area contributed by atoms with Gasteiger partial charge in [-0.15, -0.1) is 0 Å². The molecule has 3 nitrogen and oxygen atoms in total. The normalized spacial score (nSPS) is 14.7. The Bertz CT molecular complexity index is 416. The maximum atomic E-state index is 11.7. The minimum absolute atomic E-state index is 0.0597. The molecule has 1 aliphatic rings. The van der Waals surface area contributed by atoms with Gasteiger partial charge in [0.05, 0.1) is 5.69 Å². The lowest BCUT2D eigenvalue weighted by molar-refractivity contribution is -0.116. The van der Waals surface area contributed by atoms with E-state index in [1.807, 2.05) is 25.1 Å². The van der Waals surface area contributed by atoms with Crippen LogP contribution in [0.15, 0.2) is 22.7 Å². The molecule has 92 valence electrons. The van der Waals surface area contributed by atoms with Crippen LogP contribution in [0.25, 0.3) is 0 Å². The Kier molecular flexibility index (Phi) is 4.18. The largest absolute Gasteiger partial charge is 0.325 e. The molecule has 1 aromatic rings. The quantitative estimate of drug-likeness (QED) is 0.877. The van der Waals surface area contributed by atoms with Gasteiger partial charge in [0.15, 0.2) is 0 Å². The third kappa shape index (κ3) is 4.13. The molecule has 0 aliphatic heterocycles. The van der Waals surface area contributed by atoms with Crippen molar-refractivity contribution in [2.75, 3.05) is 11.9 Å². The molecule has 0 atom stereocenters. The summed E-state index contributed by atoms with van der Waals surface area (Å²) in [6, 6.07) is 6.59. The highest BCUT2D eigenvalue weighted by Gasteiger charge is 2.20. The van der Waals surface area contributed by atoms with E-state index in [-0.39, 0.29) is 5.91 Å². The maximum absolute atomic E-state index is 11.7. The highest BCUT2D eigenvalue weighted by molar-refractivity contribution is 9.10. The highest BCUT2D eigenvalue weighted by Crippen LogP contribution is 2.23. The number of aryl methyl sites for hydroxylation is 1. The molecule has 1 amide bonds. The fourth-order valence-electron chi connectivity index (χ4n) is 1.62.